The second kappa shape index (κ2) is 5.96. The molecule has 2 aromatic heterocycles. The maximum atomic E-state index is 12.4. The first-order valence-electron chi connectivity index (χ1n) is 8.33. The first-order valence-corrected chi connectivity index (χ1v) is 8.33. The van der Waals surface area contributed by atoms with E-state index in [1.807, 2.05) is 30.3 Å². The molecule has 0 aliphatic heterocycles. The van der Waals surface area contributed by atoms with Crippen LogP contribution in [0.5, 0.6) is 0 Å². The van der Waals surface area contributed by atoms with E-state index in [4.69, 9.17) is 0 Å². The fourth-order valence-electron chi connectivity index (χ4n) is 2.82. The summed E-state index contributed by atoms with van der Waals surface area (Å²) in [6, 6.07) is 13.1. The lowest BCUT2D eigenvalue weighted by molar-refractivity contribution is 0.0869. The van der Waals surface area contributed by atoms with Crippen molar-refractivity contribution in [2.24, 2.45) is 0 Å². The van der Waals surface area contributed by atoms with E-state index in [-0.39, 0.29) is 12.5 Å². The van der Waals surface area contributed by atoms with Crippen molar-refractivity contribution in [1.82, 2.24) is 25.5 Å². The molecule has 0 aliphatic carbocycles. The zero-order chi connectivity index (χ0) is 18.3. The average molecular weight is 349 g/mol. The van der Waals surface area contributed by atoms with Gasteiger partial charge in [-0.25, -0.2) is 4.98 Å². The van der Waals surface area contributed by atoms with Gasteiger partial charge in [-0.05, 0) is 38.1 Å². The van der Waals surface area contributed by atoms with Crippen molar-refractivity contribution in [3.63, 3.8) is 0 Å². The molecule has 132 valence electrons. The Balaban J connectivity index is 1.71. The Bertz CT molecular complexity index is 1110. The number of aliphatic hydroxyl groups is 1. The normalized spacial score (nSPS) is 12.0. The third-order valence-corrected chi connectivity index (χ3v) is 4.29. The fourth-order valence-corrected chi connectivity index (χ4v) is 2.82. The third kappa shape index (κ3) is 2.82. The molecule has 7 heteroatoms. The van der Waals surface area contributed by atoms with E-state index in [9.17, 15) is 9.90 Å². The van der Waals surface area contributed by atoms with Gasteiger partial charge in [-0.15, -0.1) is 0 Å². The van der Waals surface area contributed by atoms with Crippen LogP contribution in [0.25, 0.3) is 33.5 Å². The van der Waals surface area contributed by atoms with Crippen LogP contribution in [0, 0.1) is 0 Å². The number of fused-ring (bicyclic) bond motifs is 2. The first kappa shape index (κ1) is 16.3. The molecule has 4 rings (SSSR count). The molecule has 4 N–H and O–H groups in total. The third-order valence-electron chi connectivity index (χ3n) is 4.29. The van der Waals surface area contributed by atoms with Crippen molar-refractivity contribution in [3.05, 3.63) is 48.0 Å². The summed E-state index contributed by atoms with van der Waals surface area (Å²) < 4.78 is 0. The van der Waals surface area contributed by atoms with Gasteiger partial charge in [-0.3, -0.25) is 9.89 Å². The molecular formula is C19H19N5O2. The van der Waals surface area contributed by atoms with Crippen LogP contribution >= 0.6 is 0 Å². The first-order chi connectivity index (χ1) is 12.5. The number of H-pyrrole nitrogens is 2. The zero-order valence-electron chi connectivity index (χ0n) is 14.5. The molecule has 26 heavy (non-hydrogen) atoms. The Labute approximate surface area is 149 Å². The monoisotopic (exact) mass is 349 g/mol. The van der Waals surface area contributed by atoms with Gasteiger partial charge in [0.25, 0.3) is 5.91 Å². The molecular weight excluding hydrogens is 330 g/mol. The van der Waals surface area contributed by atoms with Gasteiger partial charge in [0.15, 0.2) is 5.82 Å². The number of nitrogens with one attached hydrogen (secondary N) is 3. The van der Waals surface area contributed by atoms with Crippen LogP contribution in [0.1, 0.15) is 24.2 Å². The Morgan fingerprint density at radius 2 is 2.00 bits per heavy atom. The number of imidazole rings is 1. The van der Waals surface area contributed by atoms with E-state index in [1.165, 1.54) is 0 Å². The quantitative estimate of drug-likeness (QED) is 0.454. The highest BCUT2D eigenvalue weighted by Gasteiger charge is 2.20. The molecule has 0 fully saturated rings. The Morgan fingerprint density at radius 1 is 1.19 bits per heavy atom. The lowest BCUT2D eigenvalue weighted by atomic mass is 10.1. The average Bonchev–Trinajstić information content (AvgIpc) is 3.24. The van der Waals surface area contributed by atoms with Gasteiger partial charge in [0.2, 0.25) is 0 Å². The number of rotatable bonds is 4. The molecule has 0 radical (unpaired) electrons. The number of carbonyl (C=O) groups excluding carboxylic acids is 1. The van der Waals surface area contributed by atoms with E-state index in [2.05, 4.69) is 25.5 Å². The van der Waals surface area contributed by atoms with Crippen LogP contribution in [0.2, 0.25) is 0 Å². The number of hydrogen-bond acceptors (Lipinski definition) is 4. The predicted octanol–water partition coefficient (Wildman–Crippen LogP) is 2.61. The molecule has 0 atom stereocenters. The highest BCUT2D eigenvalue weighted by atomic mass is 16.3. The van der Waals surface area contributed by atoms with Crippen molar-refractivity contribution in [3.8, 4) is 11.5 Å². The van der Waals surface area contributed by atoms with Crippen LogP contribution in [0.15, 0.2) is 42.5 Å². The molecule has 1 amide bonds. The maximum Gasteiger partial charge on any atom is 0.251 e. The molecule has 2 aromatic carbocycles. The lowest BCUT2D eigenvalue weighted by Crippen LogP contribution is -2.46. The Morgan fingerprint density at radius 3 is 2.81 bits per heavy atom. The number of aromatic nitrogens is 4. The number of aliphatic hydroxyl groups excluding tert-OH is 1. The smallest absolute Gasteiger partial charge is 0.251 e. The standard InChI is InChI=1S/C19H19N5O2/c1-19(2,10-25)22-18(26)11-7-8-14-15(9-11)21-17(20-14)16-12-5-3-4-6-13(12)23-24-16/h3-9,25H,10H2,1-2H3,(H,20,21)(H,22,26)(H,23,24). The highest BCUT2D eigenvalue weighted by molar-refractivity contribution is 5.98. The van der Waals surface area contributed by atoms with Crippen LogP contribution in [-0.2, 0) is 0 Å². The number of nitrogens with zero attached hydrogens (tertiary/aromatic N) is 2. The molecule has 0 saturated heterocycles. The lowest BCUT2D eigenvalue weighted by Gasteiger charge is -2.23. The minimum Gasteiger partial charge on any atom is -0.394 e. The minimum atomic E-state index is -0.684. The van der Waals surface area contributed by atoms with Gasteiger partial charge < -0.3 is 15.4 Å². The molecule has 4 aromatic rings. The molecule has 2 heterocycles. The fraction of sp³-hybridized carbons (Fsp3) is 0.211. The summed E-state index contributed by atoms with van der Waals surface area (Å²) in [5.74, 6) is 0.395. The van der Waals surface area contributed by atoms with E-state index < -0.39 is 5.54 Å². The molecule has 7 nitrogen and oxygen atoms in total. The molecule has 0 bridgehead atoms. The van der Waals surface area contributed by atoms with Gasteiger partial charge in [-0.1, -0.05) is 18.2 Å². The summed E-state index contributed by atoms with van der Waals surface area (Å²) in [4.78, 5) is 20.2. The van der Waals surface area contributed by atoms with Crippen molar-refractivity contribution < 1.29 is 9.90 Å². The van der Waals surface area contributed by atoms with E-state index in [0.717, 1.165) is 22.1 Å². The van der Waals surface area contributed by atoms with Crippen LogP contribution in [0.3, 0.4) is 0 Å². The molecule has 0 saturated carbocycles. The largest absolute Gasteiger partial charge is 0.394 e. The molecule has 0 aliphatic rings. The van der Waals surface area contributed by atoms with Gasteiger partial charge in [0, 0.05) is 10.9 Å². The number of amides is 1. The van der Waals surface area contributed by atoms with Gasteiger partial charge in [-0.2, -0.15) is 5.10 Å². The number of para-hydroxylation sites is 1. The number of benzene rings is 2. The van der Waals surface area contributed by atoms with E-state index in [1.54, 1.807) is 26.0 Å². The summed E-state index contributed by atoms with van der Waals surface area (Å²) in [5.41, 5.74) is 2.99. The van der Waals surface area contributed by atoms with Crippen molar-refractivity contribution in [1.29, 1.82) is 0 Å². The van der Waals surface area contributed by atoms with Gasteiger partial charge >= 0.3 is 0 Å². The summed E-state index contributed by atoms with van der Waals surface area (Å²) in [7, 11) is 0. The summed E-state index contributed by atoms with van der Waals surface area (Å²) in [6.07, 6.45) is 0. The van der Waals surface area contributed by atoms with E-state index in [0.29, 0.717) is 16.9 Å². The van der Waals surface area contributed by atoms with Crippen LogP contribution in [0.4, 0.5) is 0 Å². The second-order valence-electron chi connectivity index (χ2n) is 6.93. The number of carbonyl (C=O) groups is 1. The SMILES string of the molecule is CC(C)(CO)NC(=O)c1ccc2[nH]c(-c3n[nH]c4ccccc34)nc2c1. The summed E-state index contributed by atoms with van der Waals surface area (Å²) in [6.45, 7) is 3.39. The van der Waals surface area contributed by atoms with Crippen LogP contribution < -0.4 is 5.32 Å². The summed E-state index contributed by atoms with van der Waals surface area (Å²) >= 11 is 0. The topological polar surface area (TPSA) is 107 Å². The molecule has 0 unspecified atom stereocenters. The highest BCUT2D eigenvalue weighted by Crippen LogP contribution is 2.26. The Kier molecular flexibility index (Phi) is 3.73. The van der Waals surface area contributed by atoms with Gasteiger partial charge in [0.05, 0.1) is 28.7 Å². The zero-order valence-corrected chi connectivity index (χ0v) is 14.5. The van der Waals surface area contributed by atoms with Crippen LogP contribution in [-0.4, -0.2) is 43.3 Å². The predicted molar refractivity (Wildman–Crippen MR) is 99.8 cm³/mol. The maximum absolute atomic E-state index is 12.4. The van der Waals surface area contributed by atoms with Crippen molar-refractivity contribution >= 4 is 27.8 Å². The van der Waals surface area contributed by atoms with Crippen molar-refractivity contribution in [2.75, 3.05) is 6.61 Å². The van der Waals surface area contributed by atoms with Gasteiger partial charge in [0.1, 0.15) is 5.69 Å². The summed E-state index contributed by atoms with van der Waals surface area (Å²) in [5, 5.41) is 20.4. The Hall–Kier alpha value is -3.19. The molecule has 0 spiro atoms. The number of aromatic amines is 2. The van der Waals surface area contributed by atoms with Crippen molar-refractivity contribution in [2.45, 2.75) is 19.4 Å². The number of hydrogen-bond donors (Lipinski definition) is 4. The van der Waals surface area contributed by atoms with E-state index >= 15 is 0 Å². The minimum absolute atomic E-state index is 0.139. The second-order valence-corrected chi connectivity index (χ2v) is 6.93.